The van der Waals surface area contributed by atoms with Crippen molar-refractivity contribution in [2.24, 2.45) is 5.10 Å². The number of rotatable bonds is 4. The number of halogens is 3. The number of nitrogens with zero attached hydrogens (tertiary/aromatic N) is 2. The summed E-state index contributed by atoms with van der Waals surface area (Å²) >= 11 is 0. The van der Waals surface area contributed by atoms with E-state index in [1.165, 1.54) is 12.1 Å². The van der Waals surface area contributed by atoms with Crippen LogP contribution in [-0.2, 0) is 6.18 Å². The van der Waals surface area contributed by atoms with Crippen molar-refractivity contribution < 1.29 is 13.2 Å². The summed E-state index contributed by atoms with van der Waals surface area (Å²) in [5.41, 5.74) is 6.81. The van der Waals surface area contributed by atoms with E-state index in [-0.39, 0.29) is 0 Å². The summed E-state index contributed by atoms with van der Waals surface area (Å²) < 4.78 is 39.7. The van der Waals surface area contributed by atoms with Crippen LogP contribution >= 0.6 is 0 Å². The average molecular weight is 357 g/mol. The predicted octanol–water partition coefficient (Wildman–Crippen LogP) is 5.56. The van der Waals surface area contributed by atoms with Gasteiger partial charge in [-0.15, -0.1) is 0 Å². The van der Waals surface area contributed by atoms with Crippen molar-refractivity contribution >= 4 is 11.9 Å². The van der Waals surface area contributed by atoms with Crippen LogP contribution in [0.5, 0.6) is 0 Å². The lowest BCUT2D eigenvalue weighted by atomic mass is 10.2. The molecule has 1 aromatic heterocycles. The first-order valence-electron chi connectivity index (χ1n) is 8.06. The summed E-state index contributed by atoms with van der Waals surface area (Å²) in [6.07, 6.45) is -2.71. The highest BCUT2D eigenvalue weighted by atomic mass is 19.4. The molecule has 1 N–H and O–H groups in total. The molecule has 0 fully saturated rings. The van der Waals surface area contributed by atoms with Crippen molar-refractivity contribution in [3.8, 4) is 5.69 Å². The number of hydrogen-bond acceptors (Lipinski definition) is 2. The molecule has 0 bridgehead atoms. The van der Waals surface area contributed by atoms with Gasteiger partial charge < -0.3 is 4.57 Å². The van der Waals surface area contributed by atoms with E-state index in [1.54, 1.807) is 6.21 Å². The second-order valence-electron chi connectivity index (χ2n) is 5.99. The molecule has 26 heavy (non-hydrogen) atoms. The molecular weight excluding hydrogens is 339 g/mol. The van der Waals surface area contributed by atoms with Crippen molar-refractivity contribution in [2.45, 2.75) is 20.0 Å². The van der Waals surface area contributed by atoms with Gasteiger partial charge in [0.25, 0.3) is 0 Å². The molecule has 2 aromatic carbocycles. The molecule has 0 saturated heterocycles. The van der Waals surface area contributed by atoms with Gasteiger partial charge in [-0.25, -0.2) is 0 Å². The Hall–Kier alpha value is -3.02. The first-order chi connectivity index (χ1) is 12.3. The third-order valence-electron chi connectivity index (χ3n) is 4.04. The van der Waals surface area contributed by atoms with E-state index < -0.39 is 11.7 Å². The SMILES string of the molecule is Cc1ccc(C)n1-c1ccc(/C=N/Nc2ccc(C(F)(F)F)cc2)cc1. The fourth-order valence-electron chi connectivity index (χ4n) is 2.70. The van der Waals surface area contributed by atoms with E-state index in [9.17, 15) is 13.2 Å². The summed E-state index contributed by atoms with van der Waals surface area (Å²) in [4.78, 5) is 0. The second kappa shape index (κ2) is 7.07. The predicted molar refractivity (Wildman–Crippen MR) is 97.9 cm³/mol. The van der Waals surface area contributed by atoms with E-state index in [1.807, 2.05) is 24.3 Å². The molecule has 0 radical (unpaired) electrons. The Balaban J connectivity index is 1.66. The number of hydrazone groups is 1. The second-order valence-corrected chi connectivity index (χ2v) is 5.99. The maximum absolute atomic E-state index is 12.5. The highest BCUT2D eigenvalue weighted by Gasteiger charge is 2.29. The number of nitrogens with one attached hydrogen (secondary N) is 1. The van der Waals surface area contributed by atoms with Crippen LogP contribution in [0.1, 0.15) is 22.5 Å². The minimum Gasteiger partial charge on any atom is -0.319 e. The molecule has 0 unspecified atom stereocenters. The molecule has 134 valence electrons. The molecule has 0 saturated carbocycles. The molecule has 1 heterocycles. The summed E-state index contributed by atoms with van der Waals surface area (Å²) in [6, 6.07) is 16.7. The third-order valence-corrected chi connectivity index (χ3v) is 4.04. The van der Waals surface area contributed by atoms with E-state index in [0.29, 0.717) is 5.69 Å². The number of benzene rings is 2. The molecule has 0 aliphatic rings. The topological polar surface area (TPSA) is 29.3 Å². The van der Waals surface area contributed by atoms with E-state index in [0.717, 1.165) is 34.8 Å². The Labute approximate surface area is 149 Å². The maximum Gasteiger partial charge on any atom is 0.416 e. The lowest BCUT2D eigenvalue weighted by molar-refractivity contribution is -0.137. The van der Waals surface area contributed by atoms with Crippen molar-refractivity contribution in [3.63, 3.8) is 0 Å². The largest absolute Gasteiger partial charge is 0.416 e. The van der Waals surface area contributed by atoms with Crippen LogP contribution in [-0.4, -0.2) is 10.8 Å². The maximum atomic E-state index is 12.5. The van der Waals surface area contributed by atoms with Crippen LogP contribution in [0.4, 0.5) is 18.9 Å². The molecule has 0 amide bonds. The molecule has 3 rings (SSSR count). The lowest BCUT2D eigenvalue weighted by Crippen LogP contribution is -2.04. The smallest absolute Gasteiger partial charge is 0.319 e. The summed E-state index contributed by atoms with van der Waals surface area (Å²) in [5, 5.41) is 4.07. The summed E-state index contributed by atoms with van der Waals surface area (Å²) in [5.74, 6) is 0. The van der Waals surface area contributed by atoms with Gasteiger partial charge >= 0.3 is 6.18 Å². The molecular formula is C20H18F3N3. The lowest BCUT2D eigenvalue weighted by Gasteiger charge is -2.09. The van der Waals surface area contributed by atoms with Crippen molar-refractivity contribution in [1.82, 2.24) is 4.57 Å². The fourth-order valence-corrected chi connectivity index (χ4v) is 2.70. The molecule has 0 aliphatic heterocycles. The van der Waals surface area contributed by atoms with Crippen LogP contribution in [0.2, 0.25) is 0 Å². The van der Waals surface area contributed by atoms with Crippen molar-refractivity contribution in [2.75, 3.05) is 5.43 Å². The highest BCUT2D eigenvalue weighted by molar-refractivity contribution is 5.80. The van der Waals surface area contributed by atoms with Gasteiger partial charge in [0.2, 0.25) is 0 Å². The average Bonchev–Trinajstić information content (AvgIpc) is 2.94. The van der Waals surface area contributed by atoms with E-state index >= 15 is 0 Å². The molecule has 6 heteroatoms. The van der Waals surface area contributed by atoms with Gasteiger partial charge in [0.1, 0.15) is 0 Å². The van der Waals surface area contributed by atoms with Gasteiger partial charge in [0.05, 0.1) is 17.5 Å². The Kier molecular flexibility index (Phi) is 4.84. The van der Waals surface area contributed by atoms with Gasteiger partial charge in [0, 0.05) is 17.1 Å². The van der Waals surface area contributed by atoms with Gasteiger partial charge in [-0.2, -0.15) is 18.3 Å². The zero-order chi connectivity index (χ0) is 18.7. The first kappa shape index (κ1) is 17.8. The zero-order valence-corrected chi connectivity index (χ0v) is 14.4. The first-order valence-corrected chi connectivity index (χ1v) is 8.06. The standard InChI is InChI=1S/C20H18F3N3/c1-14-3-4-15(2)26(14)19-11-5-16(6-12-19)13-24-25-18-9-7-17(8-10-18)20(21,22)23/h3-13,25H,1-2H3/b24-13+. The quantitative estimate of drug-likeness (QED) is 0.481. The van der Waals surface area contributed by atoms with Crippen LogP contribution in [0.15, 0.2) is 65.8 Å². The van der Waals surface area contributed by atoms with Gasteiger partial charge in [-0.3, -0.25) is 5.43 Å². The van der Waals surface area contributed by atoms with Gasteiger partial charge in [0.15, 0.2) is 0 Å². The van der Waals surface area contributed by atoms with E-state index in [4.69, 9.17) is 0 Å². The number of hydrogen-bond donors (Lipinski definition) is 1. The molecule has 0 spiro atoms. The minimum atomic E-state index is -4.33. The molecule has 3 nitrogen and oxygen atoms in total. The number of anilines is 1. The Morgan fingerprint density at radius 3 is 1.96 bits per heavy atom. The molecule has 0 aliphatic carbocycles. The van der Waals surface area contributed by atoms with Crippen LogP contribution in [0.25, 0.3) is 5.69 Å². The Bertz CT molecular complexity index is 885. The molecule has 0 atom stereocenters. The number of aryl methyl sites for hydroxylation is 2. The van der Waals surface area contributed by atoms with Crippen LogP contribution in [0, 0.1) is 13.8 Å². The van der Waals surface area contributed by atoms with Crippen LogP contribution in [0.3, 0.4) is 0 Å². The molecule has 3 aromatic rings. The van der Waals surface area contributed by atoms with Gasteiger partial charge in [-0.05, 0) is 67.9 Å². The van der Waals surface area contributed by atoms with Crippen molar-refractivity contribution in [3.05, 3.63) is 83.2 Å². The number of aromatic nitrogens is 1. The van der Waals surface area contributed by atoms with Crippen LogP contribution < -0.4 is 5.43 Å². The normalized spacial score (nSPS) is 11.9. The Morgan fingerprint density at radius 2 is 1.42 bits per heavy atom. The van der Waals surface area contributed by atoms with Gasteiger partial charge in [-0.1, -0.05) is 12.1 Å². The number of alkyl halides is 3. The highest BCUT2D eigenvalue weighted by Crippen LogP contribution is 2.29. The monoisotopic (exact) mass is 357 g/mol. The Morgan fingerprint density at radius 1 is 0.846 bits per heavy atom. The zero-order valence-electron chi connectivity index (χ0n) is 14.4. The van der Waals surface area contributed by atoms with Crippen molar-refractivity contribution in [1.29, 1.82) is 0 Å². The summed E-state index contributed by atoms with van der Waals surface area (Å²) in [7, 11) is 0. The summed E-state index contributed by atoms with van der Waals surface area (Å²) in [6.45, 7) is 4.10. The third kappa shape index (κ3) is 3.96. The van der Waals surface area contributed by atoms with E-state index in [2.05, 4.69) is 41.1 Å². The minimum absolute atomic E-state index is 0.490. The fraction of sp³-hybridized carbons (Fsp3) is 0.150.